The van der Waals surface area contributed by atoms with Gasteiger partial charge in [-0.25, -0.2) is 9.78 Å². The second-order valence-corrected chi connectivity index (χ2v) is 7.27. The van der Waals surface area contributed by atoms with Gasteiger partial charge >= 0.3 is 6.03 Å². The molecule has 0 aliphatic heterocycles. The fourth-order valence-electron chi connectivity index (χ4n) is 3.14. The van der Waals surface area contributed by atoms with Crippen LogP contribution in [0.2, 0.25) is 0 Å². The number of hydrogen-bond acceptors (Lipinski definition) is 6. The zero-order valence-electron chi connectivity index (χ0n) is 16.8. The van der Waals surface area contributed by atoms with Crippen molar-refractivity contribution < 1.29 is 14.4 Å². The zero-order valence-corrected chi connectivity index (χ0v) is 16.8. The van der Waals surface area contributed by atoms with Crippen molar-refractivity contribution >= 4 is 35.9 Å². The van der Waals surface area contributed by atoms with Crippen LogP contribution in [-0.2, 0) is 4.79 Å². The van der Waals surface area contributed by atoms with Crippen molar-refractivity contribution in [1.82, 2.24) is 25.2 Å². The molecule has 1 aliphatic carbocycles. The number of nitrogens with zero attached hydrogens (tertiary/aromatic N) is 3. The van der Waals surface area contributed by atoms with Gasteiger partial charge in [0.1, 0.15) is 5.82 Å². The summed E-state index contributed by atoms with van der Waals surface area (Å²) in [6, 6.07) is 8.60. The largest absolute Gasteiger partial charge is 0.367 e. The van der Waals surface area contributed by atoms with Crippen LogP contribution in [-0.4, -0.2) is 39.0 Å². The number of hydrogen-bond donors (Lipinski definition) is 4. The van der Waals surface area contributed by atoms with E-state index in [2.05, 4.69) is 15.7 Å². The molecule has 31 heavy (non-hydrogen) atoms. The van der Waals surface area contributed by atoms with Gasteiger partial charge in [0.05, 0.1) is 11.9 Å². The minimum Gasteiger partial charge on any atom is -0.367 e. The van der Waals surface area contributed by atoms with Gasteiger partial charge in [-0.05, 0) is 38.0 Å². The molecule has 3 aromatic rings. The summed E-state index contributed by atoms with van der Waals surface area (Å²) >= 11 is 0. The SMILES string of the molecule is C/C(=C/c1cnn2c(NC3CC3)cc(-c3cccc(C(N)=O)c3)nc12)NC(=O)NC=O. The van der Waals surface area contributed by atoms with E-state index in [0.29, 0.717) is 40.6 Å². The second kappa shape index (κ2) is 8.27. The van der Waals surface area contributed by atoms with Crippen molar-refractivity contribution in [3.8, 4) is 11.3 Å². The number of aromatic nitrogens is 3. The molecular formula is C21H21N7O3. The van der Waals surface area contributed by atoms with Crippen LogP contribution in [0.4, 0.5) is 10.6 Å². The van der Waals surface area contributed by atoms with E-state index in [1.807, 2.05) is 17.4 Å². The van der Waals surface area contributed by atoms with Gasteiger partial charge in [0, 0.05) is 34.5 Å². The number of carbonyl (C=O) groups is 3. The fourth-order valence-corrected chi connectivity index (χ4v) is 3.14. The minimum absolute atomic E-state index is 0.307. The number of anilines is 1. The monoisotopic (exact) mass is 419 g/mol. The number of nitrogens with two attached hydrogens (primary N) is 1. The highest BCUT2D eigenvalue weighted by Gasteiger charge is 2.23. The minimum atomic E-state index is -0.631. The third kappa shape index (κ3) is 4.53. The van der Waals surface area contributed by atoms with Crippen LogP contribution in [0.1, 0.15) is 35.7 Å². The Labute approximate surface area is 177 Å². The number of urea groups is 1. The average Bonchev–Trinajstić information content (AvgIpc) is 3.47. The number of nitrogens with one attached hydrogen (secondary N) is 3. The Morgan fingerprint density at radius 2 is 2.06 bits per heavy atom. The first-order chi connectivity index (χ1) is 14.9. The average molecular weight is 419 g/mol. The number of amides is 4. The lowest BCUT2D eigenvalue weighted by molar-refractivity contribution is -0.108. The Morgan fingerprint density at radius 3 is 2.77 bits per heavy atom. The fraction of sp³-hybridized carbons (Fsp3) is 0.190. The van der Waals surface area contributed by atoms with Gasteiger partial charge in [-0.15, -0.1) is 0 Å². The van der Waals surface area contributed by atoms with Crippen molar-refractivity contribution in [2.24, 2.45) is 5.73 Å². The number of carbonyl (C=O) groups excluding carboxylic acids is 3. The summed E-state index contributed by atoms with van der Waals surface area (Å²) < 4.78 is 1.70. The highest BCUT2D eigenvalue weighted by molar-refractivity contribution is 5.94. The maximum Gasteiger partial charge on any atom is 0.325 e. The van der Waals surface area contributed by atoms with E-state index < -0.39 is 11.9 Å². The summed E-state index contributed by atoms with van der Waals surface area (Å²) in [5, 5.41) is 12.5. The first-order valence-electron chi connectivity index (χ1n) is 9.69. The van der Waals surface area contributed by atoms with Gasteiger partial charge in [0.2, 0.25) is 12.3 Å². The molecule has 4 rings (SSSR count). The predicted octanol–water partition coefficient (Wildman–Crippen LogP) is 1.89. The highest BCUT2D eigenvalue weighted by Crippen LogP contribution is 2.29. The number of rotatable bonds is 7. The zero-order chi connectivity index (χ0) is 22.0. The second-order valence-electron chi connectivity index (χ2n) is 7.27. The number of benzene rings is 1. The van der Waals surface area contributed by atoms with Crippen LogP contribution >= 0.6 is 0 Å². The molecule has 5 N–H and O–H groups in total. The van der Waals surface area contributed by atoms with Crippen molar-refractivity contribution in [3.05, 3.63) is 53.4 Å². The van der Waals surface area contributed by atoms with Crippen LogP contribution in [0.15, 0.2) is 42.2 Å². The molecule has 0 saturated heterocycles. The maximum atomic E-state index is 11.6. The van der Waals surface area contributed by atoms with Crippen molar-refractivity contribution in [2.45, 2.75) is 25.8 Å². The summed E-state index contributed by atoms with van der Waals surface area (Å²) in [6.45, 7) is 1.69. The van der Waals surface area contributed by atoms with Crippen LogP contribution in [0.3, 0.4) is 0 Å². The van der Waals surface area contributed by atoms with Crippen molar-refractivity contribution in [2.75, 3.05) is 5.32 Å². The van der Waals surface area contributed by atoms with Crippen LogP contribution in [0.5, 0.6) is 0 Å². The van der Waals surface area contributed by atoms with E-state index >= 15 is 0 Å². The van der Waals surface area contributed by atoms with Gasteiger partial charge < -0.3 is 16.4 Å². The number of fused-ring (bicyclic) bond motifs is 1. The Bertz CT molecular complexity index is 1210. The van der Waals surface area contributed by atoms with Gasteiger partial charge in [-0.1, -0.05) is 12.1 Å². The summed E-state index contributed by atoms with van der Waals surface area (Å²) in [5.41, 5.74) is 8.97. The topological polar surface area (TPSA) is 144 Å². The quantitative estimate of drug-likeness (QED) is 0.431. The smallest absolute Gasteiger partial charge is 0.325 e. The van der Waals surface area contributed by atoms with Crippen molar-refractivity contribution in [1.29, 1.82) is 0 Å². The Hall–Kier alpha value is -4.21. The molecule has 1 aliphatic rings. The van der Waals surface area contributed by atoms with Gasteiger partial charge in [0.25, 0.3) is 0 Å². The first-order valence-corrected chi connectivity index (χ1v) is 9.69. The molecule has 2 aromatic heterocycles. The molecule has 2 heterocycles. The van der Waals surface area contributed by atoms with E-state index in [-0.39, 0.29) is 0 Å². The standard InChI is InChI=1S/C21H21N7O3/c1-12(25-21(31)23-11-29)7-15-10-24-28-18(26-16-5-6-16)9-17(27-20(15)28)13-3-2-4-14(8-13)19(22)30/h2-4,7-11,16,26H,5-6H2,1H3,(H2,22,30)(H2,23,25,29,31)/b12-7-. The third-order valence-electron chi connectivity index (χ3n) is 4.74. The molecule has 10 heteroatoms. The molecule has 0 atom stereocenters. The van der Waals surface area contributed by atoms with Crippen LogP contribution in [0.25, 0.3) is 23.0 Å². The molecule has 0 unspecified atom stereocenters. The van der Waals surface area contributed by atoms with Gasteiger partial charge in [-0.2, -0.15) is 9.61 Å². The lowest BCUT2D eigenvalue weighted by Crippen LogP contribution is -2.33. The van der Waals surface area contributed by atoms with E-state index in [1.54, 1.807) is 41.9 Å². The summed E-state index contributed by atoms with van der Waals surface area (Å²) in [5.74, 6) is 0.262. The molecule has 0 radical (unpaired) electrons. The Balaban J connectivity index is 1.78. The van der Waals surface area contributed by atoms with Crippen LogP contribution < -0.4 is 21.7 Å². The molecule has 0 spiro atoms. The number of imide groups is 1. The normalized spacial score (nSPS) is 13.6. The summed E-state index contributed by atoms with van der Waals surface area (Å²) in [7, 11) is 0. The molecule has 1 fully saturated rings. The number of primary amides is 1. The molecule has 0 bridgehead atoms. The van der Waals surface area contributed by atoms with E-state index in [4.69, 9.17) is 10.7 Å². The van der Waals surface area contributed by atoms with Gasteiger partial charge in [-0.3, -0.25) is 14.9 Å². The molecular weight excluding hydrogens is 398 g/mol. The maximum absolute atomic E-state index is 11.6. The highest BCUT2D eigenvalue weighted by atomic mass is 16.2. The number of allylic oxidation sites excluding steroid dienone is 1. The lowest BCUT2D eigenvalue weighted by Gasteiger charge is -2.11. The van der Waals surface area contributed by atoms with E-state index in [0.717, 1.165) is 24.2 Å². The van der Waals surface area contributed by atoms with E-state index in [1.165, 1.54) is 0 Å². The van der Waals surface area contributed by atoms with E-state index in [9.17, 15) is 14.4 Å². The van der Waals surface area contributed by atoms with Crippen LogP contribution in [0, 0.1) is 0 Å². The predicted molar refractivity (Wildman–Crippen MR) is 115 cm³/mol. The molecule has 1 aromatic carbocycles. The lowest BCUT2D eigenvalue weighted by atomic mass is 10.1. The van der Waals surface area contributed by atoms with Crippen molar-refractivity contribution in [3.63, 3.8) is 0 Å². The first kappa shape index (κ1) is 20.1. The molecule has 10 nitrogen and oxygen atoms in total. The third-order valence-corrected chi connectivity index (χ3v) is 4.74. The molecule has 158 valence electrons. The summed E-state index contributed by atoms with van der Waals surface area (Å²) in [6.07, 6.45) is 5.83. The summed E-state index contributed by atoms with van der Waals surface area (Å²) in [4.78, 5) is 38.3. The van der Waals surface area contributed by atoms with Gasteiger partial charge in [0.15, 0.2) is 5.65 Å². The Kier molecular flexibility index (Phi) is 5.35. The Morgan fingerprint density at radius 1 is 1.26 bits per heavy atom. The molecule has 1 saturated carbocycles. The molecule has 4 amide bonds.